The van der Waals surface area contributed by atoms with Crippen molar-refractivity contribution < 1.29 is 9.90 Å². The SMILES string of the molecule is NCc1ccc(C(=O)O)cc1.[NaH]. The summed E-state index contributed by atoms with van der Waals surface area (Å²) in [5, 5.41) is 8.52. The van der Waals surface area contributed by atoms with E-state index in [2.05, 4.69) is 0 Å². The van der Waals surface area contributed by atoms with Crippen LogP contribution in [-0.4, -0.2) is 40.6 Å². The van der Waals surface area contributed by atoms with Crippen LogP contribution in [0.25, 0.3) is 0 Å². The zero-order valence-electron chi connectivity index (χ0n) is 5.95. The fraction of sp³-hybridized carbons (Fsp3) is 0.125. The van der Waals surface area contributed by atoms with E-state index in [0.29, 0.717) is 12.1 Å². The van der Waals surface area contributed by atoms with Crippen LogP contribution < -0.4 is 5.73 Å². The van der Waals surface area contributed by atoms with Gasteiger partial charge in [0.25, 0.3) is 0 Å². The standard InChI is InChI=1S/C8H9NO2.Na.H/c9-5-6-1-3-7(4-2-6)8(10)11;;/h1-4H,5,9H2,(H,10,11);;. The molecule has 0 bridgehead atoms. The quantitative estimate of drug-likeness (QED) is 0.631. The van der Waals surface area contributed by atoms with Gasteiger partial charge in [0.05, 0.1) is 5.56 Å². The van der Waals surface area contributed by atoms with E-state index in [4.69, 9.17) is 10.8 Å². The number of hydrogen-bond acceptors (Lipinski definition) is 2. The van der Waals surface area contributed by atoms with E-state index in [1.54, 1.807) is 24.3 Å². The van der Waals surface area contributed by atoms with Crippen LogP contribution in [0.4, 0.5) is 0 Å². The van der Waals surface area contributed by atoms with Crippen LogP contribution in [0.3, 0.4) is 0 Å². The van der Waals surface area contributed by atoms with Crippen LogP contribution >= 0.6 is 0 Å². The van der Waals surface area contributed by atoms with E-state index >= 15 is 0 Å². The van der Waals surface area contributed by atoms with E-state index in [1.807, 2.05) is 0 Å². The number of rotatable bonds is 2. The van der Waals surface area contributed by atoms with E-state index in [-0.39, 0.29) is 29.6 Å². The summed E-state index contributed by atoms with van der Waals surface area (Å²) in [6, 6.07) is 6.52. The van der Waals surface area contributed by atoms with Gasteiger partial charge in [-0.3, -0.25) is 0 Å². The maximum absolute atomic E-state index is 10.4. The van der Waals surface area contributed by atoms with Crippen LogP contribution in [0, 0.1) is 0 Å². The number of hydrogen-bond donors (Lipinski definition) is 2. The molecule has 0 heterocycles. The second-order valence-corrected chi connectivity index (χ2v) is 2.21. The average molecular weight is 175 g/mol. The Morgan fingerprint density at radius 1 is 1.33 bits per heavy atom. The Balaban J connectivity index is 0.00000121. The van der Waals surface area contributed by atoms with Gasteiger partial charge in [-0.15, -0.1) is 0 Å². The molecule has 0 radical (unpaired) electrons. The molecule has 3 N–H and O–H groups in total. The van der Waals surface area contributed by atoms with E-state index < -0.39 is 5.97 Å². The van der Waals surface area contributed by atoms with Crippen molar-refractivity contribution in [3.05, 3.63) is 35.4 Å². The third-order valence-corrected chi connectivity index (χ3v) is 1.44. The van der Waals surface area contributed by atoms with Gasteiger partial charge in [-0.05, 0) is 17.7 Å². The van der Waals surface area contributed by atoms with Crippen molar-refractivity contribution >= 4 is 35.5 Å². The molecule has 60 valence electrons. The van der Waals surface area contributed by atoms with Crippen molar-refractivity contribution in [1.82, 2.24) is 0 Å². The van der Waals surface area contributed by atoms with Gasteiger partial charge in [0.2, 0.25) is 0 Å². The average Bonchev–Trinajstić information content (AvgIpc) is 2.05. The molecule has 0 amide bonds. The van der Waals surface area contributed by atoms with Crippen molar-refractivity contribution in [2.24, 2.45) is 5.73 Å². The van der Waals surface area contributed by atoms with Gasteiger partial charge in [-0.25, -0.2) is 4.79 Å². The van der Waals surface area contributed by atoms with Crippen LogP contribution in [0.15, 0.2) is 24.3 Å². The van der Waals surface area contributed by atoms with Crippen molar-refractivity contribution in [2.45, 2.75) is 6.54 Å². The van der Waals surface area contributed by atoms with Gasteiger partial charge in [0, 0.05) is 6.54 Å². The summed E-state index contributed by atoms with van der Waals surface area (Å²) in [4.78, 5) is 10.4. The van der Waals surface area contributed by atoms with Gasteiger partial charge in [0.15, 0.2) is 0 Å². The molecule has 0 spiro atoms. The zero-order chi connectivity index (χ0) is 8.27. The molecule has 12 heavy (non-hydrogen) atoms. The number of nitrogens with two attached hydrogens (primary N) is 1. The fourth-order valence-electron chi connectivity index (χ4n) is 0.783. The Labute approximate surface area is 92.9 Å². The first-order valence-corrected chi connectivity index (χ1v) is 3.26. The molecule has 3 nitrogen and oxygen atoms in total. The molecule has 1 aromatic carbocycles. The first kappa shape index (κ1) is 11.6. The predicted molar refractivity (Wildman–Crippen MR) is 48.4 cm³/mol. The molecule has 0 fully saturated rings. The number of carboxylic acids is 1. The predicted octanol–water partition coefficient (Wildman–Crippen LogP) is 0.195. The Morgan fingerprint density at radius 3 is 2.17 bits per heavy atom. The zero-order valence-corrected chi connectivity index (χ0v) is 5.95. The molecule has 0 atom stereocenters. The Hall–Kier alpha value is -0.350. The summed E-state index contributed by atoms with van der Waals surface area (Å²) < 4.78 is 0. The van der Waals surface area contributed by atoms with Gasteiger partial charge < -0.3 is 10.8 Å². The van der Waals surface area contributed by atoms with Gasteiger partial charge >= 0.3 is 35.5 Å². The van der Waals surface area contributed by atoms with E-state index in [9.17, 15) is 4.79 Å². The fourth-order valence-corrected chi connectivity index (χ4v) is 0.783. The normalized spacial score (nSPS) is 8.75. The molecular weight excluding hydrogens is 165 g/mol. The molecule has 0 saturated heterocycles. The molecule has 0 saturated carbocycles. The molecule has 0 aromatic heterocycles. The minimum absolute atomic E-state index is 0. The summed E-state index contributed by atoms with van der Waals surface area (Å²) in [5.41, 5.74) is 6.56. The molecule has 1 aromatic rings. The van der Waals surface area contributed by atoms with Crippen LogP contribution in [0.1, 0.15) is 15.9 Å². The van der Waals surface area contributed by atoms with Gasteiger partial charge in [-0.1, -0.05) is 12.1 Å². The number of carboxylic acid groups (broad SMARTS) is 1. The van der Waals surface area contributed by atoms with Gasteiger partial charge in [0.1, 0.15) is 0 Å². The summed E-state index contributed by atoms with van der Waals surface area (Å²) in [6.45, 7) is 0.444. The van der Waals surface area contributed by atoms with Crippen molar-refractivity contribution in [3.8, 4) is 0 Å². The second-order valence-electron chi connectivity index (χ2n) is 2.21. The first-order valence-electron chi connectivity index (χ1n) is 3.26. The van der Waals surface area contributed by atoms with Crippen molar-refractivity contribution in [3.63, 3.8) is 0 Å². The summed E-state index contributed by atoms with van der Waals surface area (Å²) >= 11 is 0. The molecule has 0 aliphatic heterocycles. The minimum atomic E-state index is -0.909. The molecule has 0 unspecified atom stereocenters. The molecular formula is C8H10NNaO2. The van der Waals surface area contributed by atoms with E-state index in [1.165, 1.54) is 0 Å². The van der Waals surface area contributed by atoms with E-state index in [0.717, 1.165) is 5.56 Å². The van der Waals surface area contributed by atoms with Crippen molar-refractivity contribution in [2.75, 3.05) is 0 Å². The topological polar surface area (TPSA) is 63.3 Å². The van der Waals surface area contributed by atoms with Crippen LogP contribution in [-0.2, 0) is 6.54 Å². The Bertz CT molecular complexity index is 258. The third kappa shape index (κ3) is 2.95. The Morgan fingerprint density at radius 2 is 1.83 bits per heavy atom. The molecule has 0 aliphatic rings. The monoisotopic (exact) mass is 175 g/mol. The number of aromatic carboxylic acids is 1. The van der Waals surface area contributed by atoms with Crippen LogP contribution in [0.5, 0.6) is 0 Å². The summed E-state index contributed by atoms with van der Waals surface area (Å²) in [6.07, 6.45) is 0. The summed E-state index contributed by atoms with van der Waals surface area (Å²) in [7, 11) is 0. The maximum atomic E-state index is 10.4. The Kier molecular flexibility index (Phi) is 5.17. The number of benzene rings is 1. The van der Waals surface area contributed by atoms with Gasteiger partial charge in [-0.2, -0.15) is 0 Å². The summed E-state index contributed by atoms with van der Waals surface area (Å²) in [5.74, 6) is -0.909. The van der Waals surface area contributed by atoms with Crippen LogP contribution in [0.2, 0.25) is 0 Å². The number of carbonyl (C=O) groups is 1. The second kappa shape index (κ2) is 5.32. The van der Waals surface area contributed by atoms with Crippen molar-refractivity contribution in [1.29, 1.82) is 0 Å². The molecule has 4 heteroatoms. The molecule has 0 aliphatic carbocycles. The first-order chi connectivity index (χ1) is 5.24. The molecule has 1 rings (SSSR count). The third-order valence-electron chi connectivity index (χ3n) is 1.44.